The first-order chi connectivity index (χ1) is 9.63. The summed E-state index contributed by atoms with van der Waals surface area (Å²) < 4.78 is 5.23. The van der Waals surface area contributed by atoms with Crippen molar-refractivity contribution in [2.45, 2.75) is 32.2 Å². The SMILES string of the molecule is CCC1CCCN1CC(=O)Nc1cc(N)ccc1OC. The van der Waals surface area contributed by atoms with Crippen molar-refractivity contribution < 1.29 is 9.53 Å². The number of rotatable bonds is 5. The second-order valence-electron chi connectivity index (χ2n) is 5.18. The van der Waals surface area contributed by atoms with E-state index < -0.39 is 0 Å². The minimum Gasteiger partial charge on any atom is -0.495 e. The molecule has 1 fully saturated rings. The molecule has 5 nitrogen and oxygen atoms in total. The molecule has 0 spiro atoms. The van der Waals surface area contributed by atoms with Gasteiger partial charge in [-0.05, 0) is 44.0 Å². The van der Waals surface area contributed by atoms with E-state index in [-0.39, 0.29) is 5.91 Å². The number of hydrogen-bond acceptors (Lipinski definition) is 4. The molecule has 0 aliphatic carbocycles. The van der Waals surface area contributed by atoms with Gasteiger partial charge in [-0.1, -0.05) is 6.92 Å². The Balaban J connectivity index is 1.99. The zero-order valence-corrected chi connectivity index (χ0v) is 12.2. The van der Waals surface area contributed by atoms with E-state index in [4.69, 9.17) is 10.5 Å². The third-order valence-corrected chi connectivity index (χ3v) is 3.81. The van der Waals surface area contributed by atoms with E-state index >= 15 is 0 Å². The molecule has 1 unspecified atom stereocenters. The van der Waals surface area contributed by atoms with Gasteiger partial charge in [-0.15, -0.1) is 0 Å². The van der Waals surface area contributed by atoms with Gasteiger partial charge >= 0.3 is 0 Å². The molecule has 0 bridgehead atoms. The Morgan fingerprint density at radius 1 is 1.55 bits per heavy atom. The van der Waals surface area contributed by atoms with Crippen molar-refractivity contribution in [2.24, 2.45) is 0 Å². The minimum atomic E-state index is -0.0192. The van der Waals surface area contributed by atoms with Crippen molar-refractivity contribution in [3.63, 3.8) is 0 Å². The molecule has 0 saturated carbocycles. The molecule has 1 amide bonds. The summed E-state index contributed by atoms with van der Waals surface area (Å²) in [4.78, 5) is 14.4. The summed E-state index contributed by atoms with van der Waals surface area (Å²) in [5.41, 5.74) is 6.98. The van der Waals surface area contributed by atoms with Crippen LogP contribution in [0.4, 0.5) is 11.4 Å². The van der Waals surface area contributed by atoms with Gasteiger partial charge in [0.15, 0.2) is 0 Å². The number of benzene rings is 1. The summed E-state index contributed by atoms with van der Waals surface area (Å²) in [5, 5.41) is 2.89. The Bertz CT molecular complexity index is 476. The van der Waals surface area contributed by atoms with E-state index in [1.54, 1.807) is 25.3 Å². The highest BCUT2D eigenvalue weighted by atomic mass is 16.5. The molecule has 1 atom stereocenters. The first-order valence-corrected chi connectivity index (χ1v) is 7.11. The number of likely N-dealkylation sites (tertiary alicyclic amines) is 1. The molecule has 2 rings (SSSR count). The van der Waals surface area contributed by atoms with Crippen molar-refractivity contribution in [1.29, 1.82) is 0 Å². The minimum absolute atomic E-state index is 0.0192. The summed E-state index contributed by atoms with van der Waals surface area (Å²) in [6.45, 7) is 3.60. The van der Waals surface area contributed by atoms with Crippen LogP contribution in [0.1, 0.15) is 26.2 Å². The van der Waals surface area contributed by atoms with Gasteiger partial charge in [0, 0.05) is 11.7 Å². The van der Waals surface area contributed by atoms with Crippen LogP contribution < -0.4 is 15.8 Å². The highest BCUT2D eigenvalue weighted by molar-refractivity contribution is 5.94. The average Bonchev–Trinajstić information content (AvgIpc) is 2.86. The zero-order valence-electron chi connectivity index (χ0n) is 12.2. The smallest absolute Gasteiger partial charge is 0.238 e. The molecule has 0 aromatic heterocycles. The van der Waals surface area contributed by atoms with E-state index in [1.807, 2.05) is 0 Å². The van der Waals surface area contributed by atoms with Crippen LogP contribution in [0.25, 0.3) is 0 Å². The third-order valence-electron chi connectivity index (χ3n) is 3.81. The summed E-state index contributed by atoms with van der Waals surface area (Å²) >= 11 is 0. The van der Waals surface area contributed by atoms with Crippen molar-refractivity contribution >= 4 is 17.3 Å². The van der Waals surface area contributed by atoms with Crippen LogP contribution in [0.15, 0.2) is 18.2 Å². The Morgan fingerprint density at radius 3 is 3.05 bits per heavy atom. The molecule has 0 radical (unpaired) electrons. The van der Waals surface area contributed by atoms with Gasteiger partial charge in [-0.2, -0.15) is 0 Å². The number of methoxy groups -OCH3 is 1. The van der Waals surface area contributed by atoms with Gasteiger partial charge in [0.2, 0.25) is 5.91 Å². The number of nitrogen functional groups attached to an aromatic ring is 1. The number of nitrogens with one attached hydrogen (secondary N) is 1. The van der Waals surface area contributed by atoms with Crippen LogP contribution >= 0.6 is 0 Å². The first-order valence-electron chi connectivity index (χ1n) is 7.11. The van der Waals surface area contributed by atoms with E-state index in [0.717, 1.165) is 13.0 Å². The Kier molecular flexibility index (Phi) is 4.84. The Labute approximate surface area is 120 Å². The lowest BCUT2D eigenvalue weighted by Gasteiger charge is -2.22. The number of nitrogens with zero attached hydrogens (tertiary/aromatic N) is 1. The quantitative estimate of drug-likeness (QED) is 0.809. The van der Waals surface area contributed by atoms with Crippen molar-refractivity contribution in [3.8, 4) is 5.75 Å². The molecule has 5 heteroatoms. The largest absolute Gasteiger partial charge is 0.495 e. The Hall–Kier alpha value is -1.75. The summed E-state index contributed by atoms with van der Waals surface area (Å²) in [5.74, 6) is 0.607. The second kappa shape index (κ2) is 6.61. The van der Waals surface area contributed by atoms with E-state index in [9.17, 15) is 4.79 Å². The number of carbonyl (C=O) groups excluding carboxylic acids is 1. The molecular weight excluding hydrogens is 254 g/mol. The second-order valence-corrected chi connectivity index (χ2v) is 5.18. The van der Waals surface area contributed by atoms with Gasteiger partial charge in [0.1, 0.15) is 5.75 Å². The van der Waals surface area contributed by atoms with Crippen LogP contribution in [-0.4, -0.2) is 37.0 Å². The monoisotopic (exact) mass is 277 g/mol. The van der Waals surface area contributed by atoms with Crippen LogP contribution in [0.5, 0.6) is 5.75 Å². The van der Waals surface area contributed by atoms with Crippen molar-refractivity contribution in [1.82, 2.24) is 4.90 Å². The molecular formula is C15H23N3O2. The van der Waals surface area contributed by atoms with Crippen LogP contribution in [0, 0.1) is 0 Å². The van der Waals surface area contributed by atoms with Gasteiger partial charge < -0.3 is 15.8 Å². The normalized spacial score (nSPS) is 19.0. The number of nitrogens with two attached hydrogens (primary N) is 1. The maximum atomic E-state index is 12.2. The van der Waals surface area contributed by atoms with E-state index in [0.29, 0.717) is 29.7 Å². The van der Waals surface area contributed by atoms with Crippen molar-refractivity contribution in [3.05, 3.63) is 18.2 Å². The lowest BCUT2D eigenvalue weighted by molar-refractivity contribution is -0.117. The van der Waals surface area contributed by atoms with Crippen LogP contribution in [0.2, 0.25) is 0 Å². The summed E-state index contributed by atoms with van der Waals surface area (Å²) in [6, 6.07) is 5.76. The van der Waals surface area contributed by atoms with Crippen LogP contribution in [0.3, 0.4) is 0 Å². The lowest BCUT2D eigenvalue weighted by atomic mass is 10.2. The maximum absolute atomic E-state index is 12.2. The van der Waals surface area contributed by atoms with E-state index in [2.05, 4.69) is 17.1 Å². The Morgan fingerprint density at radius 2 is 2.35 bits per heavy atom. The van der Waals surface area contributed by atoms with Crippen molar-refractivity contribution in [2.75, 3.05) is 31.2 Å². The number of ether oxygens (including phenoxy) is 1. The van der Waals surface area contributed by atoms with Gasteiger partial charge in [-0.3, -0.25) is 9.69 Å². The average molecular weight is 277 g/mol. The molecule has 20 heavy (non-hydrogen) atoms. The highest BCUT2D eigenvalue weighted by Gasteiger charge is 2.24. The summed E-state index contributed by atoms with van der Waals surface area (Å²) in [6.07, 6.45) is 3.45. The first kappa shape index (κ1) is 14.7. The van der Waals surface area contributed by atoms with Crippen LogP contribution in [-0.2, 0) is 4.79 Å². The van der Waals surface area contributed by atoms with E-state index in [1.165, 1.54) is 12.8 Å². The fourth-order valence-corrected chi connectivity index (χ4v) is 2.76. The number of anilines is 2. The predicted molar refractivity (Wildman–Crippen MR) is 80.9 cm³/mol. The highest BCUT2D eigenvalue weighted by Crippen LogP contribution is 2.26. The van der Waals surface area contributed by atoms with Gasteiger partial charge in [-0.25, -0.2) is 0 Å². The number of carbonyl (C=O) groups is 1. The third kappa shape index (κ3) is 3.42. The molecule has 1 aromatic carbocycles. The number of amides is 1. The molecule has 1 aliphatic heterocycles. The fraction of sp³-hybridized carbons (Fsp3) is 0.533. The number of hydrogen-bond donors (Lipinski definition) is 2. The van der Waals surface area contributed by atoms with Gasteiger partial charge in [0.05, 0.1) is 19.3 Å². The van der Waals surface area contributed by atoms with Gasteiger partial charge in [0.25, 0.3) is 0 Å². The summed E-state index contributed by atoms with van der Waals surface area (Å²) in [7, 11) is 1.58. The molecule has 1 aromatic rings. The molecule has 1 aliphatic rings. The fourth-order valence-electron chi connectivity index (χ4n) is 2.76. The molecule has 1 saturated heterocycles. The molecule has 1 heterocycles. The molecule has 3 N–H and O–H groups in total. The predicted octanol–water partition coefficient (Wildman–Crippen LogP) is 2.09. The topological polar surface area (TPSA) is 67.6 Å². The zero-order chi connectivity index (χ0) is 14.5. The standard InChI is InChI=1S/C15H23N3O2/c1-3-12-5-4-8-18(12)10-15(19)17-13-9-11(16)6-7-14(13)20-2/h6-7,9,12H,3-5,8,10,16H2,1-2H3,(H,17,19). The molecule has 110 valence electrons. The lowest BCUT2D eigenvalue weighted by Crippen LogP contribution is -2.36. The maximum Gasteiger partial charge on any atom is 0.238 e.